The van der Waals surface area contributed by atoms with Gasteiger partial charge in [-0.3, -0.25) is 4.79 Å². The minimum atomic E-state index is 0.255. The fourth-order valence-electron chi connectivity index (χ4n) is 3.01. The van der Waals surface area contributed by atoms with Crippen molar-refractivity contribution in [2.24, 2.45) is 0 Å². The average molecular weight is 393 g/mol. The topological polar surface area (TPSA) is 49.3 Å². The van der Waals surface area contributed by atoms with E-state index < -0.39 is 0 Å². The van der Waals surface area contributed by atoms with E-state index in [-0.39, 0.29) is 5.91 Å². The molecule has 1 aliphatic heterocycles. The predicted molar refractivity (Wildman–Crippen MR) is 106 cm³/mol. The van der Waals surface area contributed by atoms with Crippen LogP contribution in [-0.2, 0) is 4.79 Å². The number of halogens is 2. The number of anilines is 1. The first kappa shape index (κ1) is 18.9. The first-order valence-corrected chi connectivity index (χ1v) is 9.66. The van der Waals surface area contributed by atoms with Crippen LogP contribution in [0.1, 0.15) is 26.2 Å². The van der Waals surface area contributed by atoms with Gasteiger partial charge in [0.15, 0.2) is 5.82 Å². The Bertz CT molecular complexity index is 759. The molecule has 1 saturated heterocycles. The Morgan fingerprint density at radius 1 is 1.08 bits per heavy atom. The molecule has 26 heavy (non-hydrogen) atoms. The van der Waals surface area contributed by atoms with Crippen LogP contribution in [0.4, 0.5) is 5.82 Å². The first-order valence-electron chi connectivity index (χ1n) is 8.90. The van der Waals surface area contributed by atoms with Gasteiger partial charge in [-0.2, -0.15) is 0 Å². The van der Waals surface area contributed by atoms with Crippen molar-refractivity contribution in [2.75, 3.05) is 31.1 Å². The average Bonchev–Trinajstić information content (AvgIpc) is 2.66. The second kappa shape index (κ2) is 8.69. The van der Waals surface area contributed by atoms with E-state index in [1.165, 1.54) is 0 Å². The highest BCUT2D eigenvalue weighted by atomic mass is 35.5. The summed E-state index contributed by atoms with van der Waals surface area (Å²) in [5.74, 6) is 1.07. The number of nitrogens with zero attached hydrogens (tertiary/aromatic N) is 4. The van der Waals surface area contributed by atoms with E-state index in [1.807, 2.05) is 23.1 Å². The van der Waals surface area contributed by atoms with E-state index in [0.717, 1.165) is 50.4 Å². The lowest BCUT2D eigenvalue weighted by Gasteiger charge is -2.35. The molecule has 1 amide bonds. The number of benzene rings is 1. The summed E-state index contributed by atoms with van der Waals surface area (Å²) in [7, 11) is 0. The number of hydrogen-bond donors (Lipinski definition) is 0. The Labute approximate surface area is 163 Å². The summed E-state index contributed by atoms with van der Waals surface area (Å²) in [5.41, 5.74) is 1.52. The Morgan fingerprint density at radius 2 is 1.85 bits per heavy atom. The molecular weight excluding hydrogens is 371 g/mol. The SMILES string of the molecule is CCCCC(=O)N1CCN(c2ccc(-c3ccc(Cl)cc3Cl)nn2)CC1. The highest BCUT2D eigenvalue weighted by Crippen LogP contribution is 2.29. The number of unbranched alkanes of at least 4 members (excludes halogenated alkanes) is 1. The summed E-state index contributed by atoms with van der Waals surface area (Å²) >= 11 is 12.2. The maximum Gasteiger partial charge on any atom is 0.222 e. The lowest BCUT2D eigenvalue weighted by atomic mass is 10.1. The maximum absolute atomic E-state index is 12.1. The molecule has 0 bridgehead atoms. The fourth-order valence-corrected chi connectivity index (χ4v) is 3.51. The fraction of sp³-hybridized carbons (Fsp3) is 0.421. The van der Waals surface area contributed by atoms with Crippen LogP contribution in [-0.4, -0.2) is 47.2 Å². The van der Waals surface area contributed by atoms with E-state index in [2.05, 4.69) is 22.0 Å². The number of amides is 1. The normalized spacial score (nSPS) is 14.6. The zero-order chi connectivity index (χ0) is 18.5. The van der Waals surface area contributed by atoms with Crippen LogP contribution in [0, 0.1) is 0 Å². The van der Waals surface area contributed by atoms with Gasteiger partial charge in [0, 0.05) is 43.2 Å². The van der Waals surface area contributed by atoms with Crippen molar-refractivity contribution in [3.63, 3.8) is 0 Å². The zero-order valence-corrected chi connectivity index (χ0v) is 16.3. The number of aromatic nitrogens is 2. The van der Waals surface area contributed by atoms with Gasteiger partial charge < -0.3 is 9.80 Å². The standard InChI is InChI=1S/C19H22Cl2N4O/c1-2-3-4-19(26)25-11-9-24(10-12-25)18-8-7-17(22-23-18)15-6-5-14(20)13-16(15)21/h5-8,13H,2-4,9-12H2,1H3. The maximum atomic E-state index is 12.1. The molecule has 0 unspecified atom stereocenters. The van der Waals surface area contributed by atoms with Crippen molar-refractivity contribution in [2.45, 2.75) is 26.2 Å². The van der Waals surface area contributed by atoms with Gasteiger partial charge in [0.25, 0.3) is 0 Å². The predicted octanol–water partition coefficient (Wildman–Crippen LogP) is 4.29. The number of piperazine rings is 1. The summed E-state index contributed by atoms with van der Waals surface area (Å²) in [6.07, 6.45) is 2.65. The highest BCUT2D eigenvalue weighted by Gasteiger charge is 2.21. The van der Waals surface area contributed by atoms with Gasteiger partial charge >= 0.3 is 0 Å². The second-order valence-corrected chi connectivity index (χ2v) is 7.22. The molecule has 0 N–H and O–H groups in total. The van der Waals surface area contributed by atoms with Gasteiger partial charge in [-0.25, -0.2) is 0 Å². The van der Waals surface area contributed by atoms with E-state index >= 15 is 0 Å². The molecule has 138 valence electrons. The van der Waals surface area contributed by atoms with Gasteiger partial charge in [-0.15, -0.1) is 10.2 Å². The Balaban J connectivity index is 1.62. The van der Waals surface area contributed by atoms with Crippen molar-refractivity contribution >= 4 is 34.9 Å². The van der Waals surface area contributed by atoms with Crippen molar-refractivity contribution in [3.05, 3.63) is 40.4 Å². The zero-order valence-electron chi connectivity index (χ0n) is 14.8. The summed E-state index contributed by atoms with van der Waals surface area (Å²) in [6.45, 7) is 5.11. The van der Waals surface area contributed by atoms with Crippen LogP contribution >= 0.6 is 23.2 Å². The molecule has 1 aromatic heterocycles. The third kappa shape index (κ3) is 4.46. The molecular formula is C19H22Cl2N4O. The number of rotatable bonds is 5. The smallest absolute Gasteiger partial charge is 0.222 e. The summed E-state index contributed by atoms with van der Waals surface area (Å²) in [6, 6.07) is 9.18. The molecule has 1 aliphatic rings. The highest BCUT2D eigenvalue weighted by molar-refractivity contribution is 6.36. The quantitative estimate of drug-likeness (QED) is 0.761. The van der Waals surface area contributed by atoms with E-state index in [1.54, 1.807) is 12.1 Å². The molecule has 0 atom stereocenters. The van der Waals surface area contributed by atoms with Crippen LogP contribution in [0.5, 0.6) is 0 Å². The van der Waals surface area contributed by atoms with Gasteiger partial charge in [0.2, 0.25) is 5.91 Å². The van der Waals surface area contributed by atoms with Gasteiger partial charge in [0.05, 0.1) is 10.7 Å². The summed E-state index contributed by atoms with van der Waals surface area (Å²) in [5, 5.41) is 9.80. The van der Waals surface area contributed by atoms with Crippen molar-refractivity contribution in [1.29, 1.82) is 0 Å². The van der Waals surface area contributed by atoms with E-state index in [9.17, 15) is 4.79 Å². The van der Waals surface area contributed by atoms with Crippen molar-refractivity contribution in [3.8, 4) is 11.3 Å². The van der Waals surface area contributed by atoms with E-state index in [4.69, 9.17) is 23.2 Å². The Kier molecular flexibility index (Phi) is 6.33. The molecule has 0 radical (unpaired) electrons. The molecule has 0 aliphatic carbocycles. The number of hydrogen-bond acceptors (Lipinski definition) is 4. The van der Waals surface area contributed by atoms with Crippen molar-refractivity contribution < 1.29 is 4.79 Å². The van der Waals surface area contributed by atoms with Crippen LogP contribution in [0.3, 0.4) is 0 Å². The van der Waals surface area contributed by atoms with Gasteiger partial charge in [0.1, 0.15) is 0 Å². The molecule has 1 fully saturated rings. The molecule has 0 saturated carbocycles. The second-order valence-electron chi connectivity index (χ2n) is 6.37. The minimum absolute atomic E-state index is 0.255. The number of carbonyl (C=O) groups is 1. The van der Waals surface area contributed by atoms with Crippen LogP contribution in [0.25, 0.3) is 11.3 Å². The van der Waals surface area contributed by atoms with Crippen LogP contribution in [0.15, 0.2) is 30.3 Å². The number of carbonyl (C=O) groups excluding carboxylic acids is 1. The van der Waals surface area contributed by atoms with Crippen LogP contribution < -0.4 is 4.90 Å². The van der Waals surface area contributed by atoms with Gasteiger partial charge in [-0.05, 0) is 36.8 Å². The molecule has 3 rings (SSSR count). The third-order valence-corrected chi connectivity index (χ3v) is 5.11. The summed E-state index contributed by atoms with van der Waals surface area (Å²) in [4.78, 5) is 16.2. The Hall–Kier alpha value is -1.85. The molecule has 2 heterocycles. The van der Waals surface area contributed by atoms with Crippen LogP contribution in [0.2, 0.25) is 10.0 Å². The first-order chi connectivity index (χ1) is 12.6. The molecule has 2 aromatic rings. The summed E-state index contributed by atoms with van der Waals surface area (Å²) < 4.78 is 0. The molecule has 7 heteroatoms. The molecule has 0 spiro atoms. The lowest BCUT2D eigenvalue weighted by Crippen LogP contribution is -2.49. The molecule has 1 aromatic carbocycles. The lowest BCUT2D eigenvalue weighted by molar-refractivity contribution is -0.131. The largest absolute Gasteiger partial charge is 0.352 e. The monoisotopic (exact) mass is 392 g/mol. The van der Waals surface area contributed by atoms with Gasteiger partial charge in [-0.1, -0.05) is 36.5 Å². The molecule has 5 nitrogen and oxygen atoms in total. The third-order valence-electron chi connectivity index (χ3n) is 4.56. The minimum Gasteiger partial charge on any atom is -0.352 e. The van der Waals surface area contributed by atoms with Crippen molar-refractivity contribution in [1.82, 2.24) is 15.1 Å². The van der Waals surface area contributed by atoms with E-state index in [0.29, 0.717) is 22.2 Å². The Morgan fingerprint density at radius 3 is 2.46 bits per heavy atom.